The molecule has 0 fully saturated rings. The maximum absolute atomic E-state index is 13.5. The highest BCUT2D eigenvalue weighted by Crippen LogP contribution is 2.32. The van der Waals surface area contributed by atoms with Gasteiger partial charge in [0.15, 0.2) is 5.13 Å². The number of hydrogen-bond acceptors (Lipinski definition) is 4. The van der Waals surface area contributed by atoms with Crippen LogP contribution in [0.4, 0.5) is 5.13 Å². The molecule has 0 atom stereocenters. The molecule has 1 heterocycles. The third kappa shape index (κ3) is 5.02. The molecular formula is C24H32ClN3OS. The molecule has 0 saturated carbocycles. The number of carbonyl (C=O) groups excluding carboxylic acids is 1. The molecular weight excluding hydrogens is 414 g/mol. The number of rotatable bonds is 7. The van der Waals surface area contributed by atoms with Gasteiger partial charge in [0.25, 0.3) is 5.91 Å². The minimum absolute atomic E-state index is 0. The number of hydrogen-bond donors (Lipinski definition) is 0. The number of halogens is 1. The van der Waals surface area contributed by atoms with Gasteiger partial charge in [-0.15, -0.1) is 12.4 Å². The van der Waals surface area contributed by atoms with Crippen molar-refractivity contribution in [3.63, 3.8) is 0 Å². The van der Waals surface area contributed by atoms with Crippen LogP contribution in [0, 0.1) is 27.7 Å². The summed E-state index contributed by atoms with van der Waals surface area (Å²) in [6.45, 7) is 16.0. The molecule has 4 nitrogen and oxygen atoms in total. The second-order valence-electron chi connectivity index (χ2n) is 7.63. The zero-order valence-electron chi connectivity index (χ0n) is 18.8. The largest absolute Gasteiger partial charge is 0.302 e. The van der Waals surface area contributed by atoms with Crippen LogP contribution in [0.1, 0.15) is 46.5 Å². The highest BCUT2D eigenvalue weighted by molar-refractivity contribution is 7.22. The smallest absolute Gasteiger partial charge is 0.260 e. The Kier molecular flexibility index (Phi) is 8.42. The van der Waals surface area contributed by atoms with Gasteiger partial charge in [0, 0.05) is 18.7 Å². The summed E-state index contributed by atoms with van der Waals surface area (Å²) in [7, 11) is 0. The number of benzene rings is 2. The van der Waals surface area contributed by atoms with Crippen LogP contribution >= 0.6 is 23.7 Å². The molecule has 0 aliphatic rings. The predicted molar refractivity (Wildman–Crippen MR) is 132 cm³/mol. The third-order valence-corrected chi connectivity index (χ3v) is 6.88. The quantitative estimate of drug-likeness (QED) is 0.451. The molecule has 6 heteroatoms. The summed E-state index contributed by atoms with van der Waals surface area (Å²) >= 11 is 1.60. The number of likely N-dealkylation sites (N-methyl/N-ethyl adjacent to an activating group) is 1. The minimum Gasteiger partial charge on any atom is -0.302 e. The fourth-order valence-corrected chi connectivity index (χ4v) is 4.47. The summed E-state index contributed by atoms with van der Waals surface area (Å²) in [5.74, 6) is 0.0219. The van der Waals surface area contributed by atoms with Gasteiger partial charge in [0.05, 0.1) is 10.2 Å². The monoisotopic (exact) mass is 445 g/mol. The molecule has 3 aromatic rings. The van der Waals surface area contributed by atoms with Crippen LogP contribution in [0.25, 0.3) is 10.2 Å². The van der Waals surface area contributed by atoms with E-state index in [1.165, 1.54) is 16.7 Å². The van der Waals surface area contributed by atoms with Gasteiger partial charge in [0.2, 0.25) is 0 Å². The van der Waals surface area contributed by atoms with E-state index in [-0.39, 0.29) is 18.3 Å². The Morgan fingerprint density at radius 1 is 0.933 bits per heavy atom. The molecule has 0 bridgehead atoms. The van der Waals surface area contributed by atoms with E-state index >= 15 is 0 Å². The fourth-order valence-electron chi connectivity index (χ4n) is 3.43. The maximum Gasteiger partial charge on any atom is 0.260 e. The molecule has 0 saturated heterocycles. The summed E-state index contributed by atoms with van der Waals surface area (Å²) in [5.41, 5.74) is 6.47. The first kappa shape index (κ1) is 24.3. The van der Waals surface area contributed by atoms with Crippen LogP contribution in [0.3, 0.4) is 0 Å². The molecule has 1 amide bonds. The van der Waals surface area contributed by atoms with Crippen molar-refractivity contribution < 1.29 is 4.79 Å². The number of amides is 1. The number of nitrogens with zero attached hydrogens (tertiary/aromatic N) is 3. The fraction of sp³-hybridized carbons (Fsp3) is 0.417. The van der Waals surface area contributed by atoms with Crippen LogP contribution in [0.5, 0.6) is 0 Å². The molecule has 1 aromatic heterocycles. The van der Waals surface area contributed by atoms with Gasteiger partial charge < -0.3 is 4.90 Å². The lowest BCUT2D eigenvalue weighted by molar-refractivity contribution is 0.0983. The van der Waals surface area contributed by atoms with Crippen LogP contribution < -0.4 is 4.90 Å². The molecule has 0 unspecified atom stereocenters. The van der Waals surface area contributed by atoms with Gasteiger partial charge in [-0.05, 0) is 81.2 Å². The van der Waals surface area contributed by atoms with E-state index in [1.807, 2.05) is 23.1 Å². The Bertz CT molecular complexity index is 1030. The molecule has 3 rings (SSSR count). The number of aromatic nitrogens is 1. The van der Waals surface area contributed by atoms with Crippen molar-refractivity contribution in [3.8, 4) is 0 Å². The highest BCUT2D eigenvalue weighted by Gasteiger charge is 2.22. The van der Waals surface area contributed by atoms with Crippen molar-refractivity contribution in [3.05, 3.63) is 58.1 Å². The lowest BCUT2D eigenvalue weighted by atomic mass is 10.1. The third-order valence-electron chi connectivity index (χ3n) is 5.84. The molecule has 0 aliphatic carbocycles. The summed E-state index contributed by atoms with van der Waals surface area (Å²) in [4.78, 5) is 22.6. The minimum atomic E-state index is 0. The van der Waals surface area contributed by atoms with Crippen molar-refractivity contribution in [2.24, 2.45) is 0 Å². The molecule has 30 heavy (non-hydrogen) atoms. The van der Waals surface area contributed by atoms with Gasteiger partial charge in [-0.2, -0.15) is 0 Å². The first-order chi connectivity index (χ1) is 13.8. The zero-order chi connectivity index (χ0) is 21.1. The Balaban J connectivity index is 0.00000320. The van der Waals surface area contributed by atoms with Crippen molar-refractivity contribution in [1.82, 2.24) is 9.88 Å². The topological polar surface area (TPSA) is 36.4 Å². The average molecular weight is 446 g/mol. The van der Waals surface area contributed by atoms with E-state index in [2.05, 4.69) is 58.6 Å². The van der Waals surface area contributed by atoms with E-state index in [1.54, 1.807) is 11.3 Å². The number of carbonyl (C=O) groups is 1. The predicted octanol–water partition coefficient (Wildman–Crippen LogP) is 5.94. The molecule has 0 radical (unpaired) electrons. The Morgan fingerprint density at radius 2 is 1.60 bits per heavy atom. The zero-order valence-corrected chi connectivity index (χ0v) is 20.4. The van der Waals surface area contributed by atoms with E-state index < -0.39 is 0 Å². The highest BCUT2D eigenvalue weighted by atomic mass is 35.5. The lowest BCUT2D eigenvalue weighted by Crippen LogP contribution is -2.38. The molecule has 0 N–H and O–H groups in total. The van der Waals surface area contributed by atoms with Crippen LogP contribution in [0.2, 0.25) is 0 Å². The van der Waals surface area contributed by atoms with Crippen LogP contribution in [-0.2, 0) is 0 Å². The first-order valence-corrected chi connectivity index (χ1v) is 11.2. The summed E-state index contributed by atoms with van der Waals surface area (Å²) < 4.78 is 1.13. The second-order valence-corrected chi connectivity index (χ2v) is 8.64. The Hall–Kier alpha value is -1.95. The SMILES string of the molecule is CCN(CC)CCN(C(=O)c1ccc(C)c(C)c1)c1nc2c(C)c(C)ccc2s1.Cl. The number of anilines is 1. The van der Waals surface area contributed by atoms with Crippen molar-refractivity contribution in [2.75, 3.05) is 31.1 Å². The normalized spacial score (nSPS) is 11.0. The maximum atomic E-state index is 13.5. The average Bonchev–Trinajstić information content (AvgIpc) is 3.14. The van der Waals surface area contributed by atoms with Gasteiger partial charge in [0.1, 0.15) is 0 Å². The number of thiazole rings is 1. The van der Waals surface area contributed by atoms with Crippen molar-refractivity contribution in [2.45, 2.75) is 41.5 Å². The Morgan fingerprint density at radius 3 is 2.23 bits per heavy atom. The first-order valence-electron chi connectivity index (χ1n) is 10.3. The standard InChI is InChI=1S/C24H31N3OS.ClH/c1-7-26(8-2)13-14-27(23(28)20-11-9-16(3)18(5)15-20)24-25-22-19(6)17(4)10-12-21(22)29-24;/h9-12,15H,7-8,13-14H2,1-6H3;1H. The van der Waals surface area contributed by atoms with Crippen LogP contribution in [-0.4, -0.2) is 42.0 Å². The molecule has 162 valence electrons. The van der Waals surface area contributed by atoms with Crippen LogP contribution in [0.15, 0.2) is 30.3 Å². The van der Waals surface area contributed by atoms with E-state index in [0.29, 0.717) is 6.54 Å². The summed E-state index contributed by atoms with van der Waals surface area (Å²) in [6, 6.07) is 10.2. The van der Waals surface area contributed by atoms with E-state index in [9.17, 15) is 4.79 Å². The number of aryl methyl sites for hydroxylation is 4. The van der Waals surface area contributed by atoms with Gasteiger partial charge >= 0.3 is 0 Å². The lowest BCUT2D eigenvalue weighted by Gasteiger charge is -2.25. The van der Waals surface area contributed by atoms with E-state index in [4.69, 9.17) is 4.98 Å². The van der Waals surface area contributed by atoms with Crippen molar-refractivity contribution >= 4 is 45.0 Å². The van der Waals surface area contributed by atoms with Gasteiger partial charge in [-0.1, -0.05) is 37.3 Å². The Labute approximate surface area is 190 Å². The van der Waals surface area contributed by atoms with Gasteiger partial charge in [-0.25, -0.2) is 4.98 Å². The van der Waals surface area contributed by atoms with Gasteiger partial charge in [-0.3, -0.25) is 9.69 Å². The molecule has 0 aliphatic heterocycles. The summed E-state index contributed by atoms with van der Waals surface area (Å²) in [5, 5.41) is 0.782. The summed E-state index contributed by atoms with van der Waals surface area (Å²) in [6.07, 6.45) is 0. The molecule has 2 aromatic carbocycles. The van der Waals surface area contributed by atoms with E-state index in [0.717, 1.165) is 46.1 Å². The second kappa shape index (κ2) is 10.4. The molecule has 0 spiro atoms. The van der Waals surface area contributed by atoms with Crippen molar-refractivity contribution in [1.29, 1.82) is 0 Å². The number of fused-ring (bicyclic) bond motifs is 1.